The van der Waals surface area contributed by atoms with Gasteiger partial charge in [-0.3, -0.25) is 4.79 Å². The first-order valence-corrected chi connectivity index (χ1v) is 9.15. The highest BCUT2D eigenvalue weighted by Gasteiger charge is 2.53. The standard InChI is InChI=1S/C20H16FNO3S/c21-14-7-5-13(6-8-14)11-20(19(24)25)9-10-22(20)18(23)16-12-26-17-4-2-1-3-15(16)17/h1-8,12H,9-11H2,(H,24,25). The summed E-state index contributed by atoms with van der Waals surface area (Å²) in [4.78, 5) is 26.6. The van der Waals surface area contributed by atoms with E-state index < -0.39 is 11.5 Å². The molecule has 1 saturated heterocycles. The molecular formula is C20H16FNO3S. The number of aliphatic carboxylic acids is 1. The van der Waals surface area contributed by atoms with Gasteiger partial charge in [-0.25, -0.2) is 9.18 Å². The van der Waals surface area contributed by atoms with Gasteiger partial charge >= 0.3 is 5.97 Å². The third-order valence-electron chi connectivity index (χ3n) is 5.03. The van der Waals surface area contributed by atoms with Gasteiger partial charge in [-0.15, -0.1) is 11.3 Å². The van der Waals surface area contributed by atoms with Crippen molar-refractivity contribution < 1.29 is 19.1 Å². The molecule has 0 aliphatic carbocycles. The van der Waals surface area contributed by atoms with Crippen LogP contribution >= 0.6 is 11.3 Å². The number of halogens is 1. The van der Waals surface area contributed by atoms with Crippen LogP contribution in [-0.2, 0) is 11.2 Å². The van der Waals surface area contributed by atoms with Crippen LogP contribution in [0.25, 0.3) is 10.1 Å². The Bertz CT molecular complexity index is 998. The fourth-order valence-electron chi connectivity index (χ4n) is 3.50. The normalized spacial score (nSPS) is 19.3. The molecule has 0 spiro atoms. The molecule has 0 radical (unpaired) electrons. The number of carbonyl (C=O) groups excluding carboxylic acids is 1. The van der Waals surface area contributed by atoms with Gasteiger partial charge in [0.25, 0.3) is 5.91 Å². The summed E-state index contributed by atoms with van der Waals surface area (Å²) in [5.41, 5.74) is -0.0469. The van der Waals surface area contributed by atoms with E-state index in [1.165, 1.54) is 28.4 Å². The molecular weight excluding hydrogens is 353 g/mol. The highest BCUT2D eigenvalue weighted by atomic mass is 32.1. The second-order valence-corrected chi connectivity index (χ2v) is 7.40. The average molecular weight is 369 g/mol. The molecule has 6 heteroatoms. The number of carboxylic acid groups (broad SMARTS) is 1. The zero-order valence-electron chi connectivity index (χ0n) is 13.8. The fraction of sp³-hybridized carbons (Fsp3) is 0.200. The van der Waals surface area contributed by atoms with E-state index in [9.17, 15) is 19.1 Å². The number of hydrogen-bond acceptors (Lipinski definition) is 3. The lowest BCUT2D eigenvalue weighted by molar-refractivity contribution is -0.157. The number of fused-ring (bicyclic) bond motifs is 1. The van der Waals surface area contributed by atoms with Gasteiger partial charge in [0.1, 0.15) is 11.4 Å². The molecule has 2 heterocycles. The summed E-state index contributed by atoms with van der Waals surface area (Å²) in [6, 6.07) is 13.3. The van der Waals surface area contributed by atoms with Gasteiger partial charge in [0.15, 0.2) is 0 Å². The second kappa shape index (κ2) is 6.21. The number of hydrogen-bond donors (Lipinski definition) is 1. The Balaban J connectivity index is 1.67. The van der Waals surface area contributed by atoms with Gasteiger partial charge in [-0.1, -0.05) is 30.3 Å². The quantitative estimate of drug-likeness (QED) is 0.758. The first-order valence-electron chi connectivity index (χ1n) is 8.27. The average Bonchev–Trinajstić information content (AvgIpc) is 3.04. The summed E-state index contributed by atoms with van der Waals surface area (Å²) in [6.07, 6.45) is 0.546. The summed E-state index contributed by atoms with van der Waals surface area (Å²) in [6.45, 7) is 0.399. The van der Waals surface area contributed by atoms with E-state index in [0.717, 1.165) is 10.1 Å². The number of likely N-dealkylation sites (tertiary alicyclic amines) is 1. The highest BCUT2D eigenvalue weighted by molar-refractivity contribution is 7.17. The molecule has 4 rings (SSSR count). The van der Waals surface area contributed by atoms with Crippen LogP contribution in [0.15, 0.2) is 53.9 Å². The molecule has 1 aliphatic rings. The van der Waals surface area contributed by atoms with Crippen LogP contribution in [0.1, 0.15) is 22.3 Å². The van der Waals surface area contributed by atoms with Crippen LogP contribution in [-0.4, -0.2) is 34.0 Å². The van der Waals surface area contributed by atoms with Crippen molar-refractivity contribution in [2.24, 2.45) is 0 Å². The van der Waals surface area contributed by atoms with Crippen molar-refractivity contribution in [3.8, 4) is 0 Å². The van der Waals surface area contributed by atoms with Crippen molar-refractivity contribution in [2.45, 2.75) is 18.4 Å². The Kier molecular flexibility index (Phi) is 4.00. The zero-order chi connectivity index (χ0) is 18.3. The van der Waals surface area contributed by atoms with E-state index >= 15 is 0 Å². The summed E-state index contributed by atoms with van der Waals surface area (Å²) >= 11 is 1.47. The summed E-state index contributed by atoms with van der Waals surface area (Å²) < 4.78 is 14.1. The molecule has 132 valence electrons. The lowest BCUT2D eigenvalue weighted by Gasteiger charge is -2.49. The van der Waals surface area contributed by atoms with E-state index in [1.807, 2.05) is 24.3 Å². The molecule has 4 nitrogen and oxygen atoms in total. The van der Waals surface area contributed by atoms with Crippen molar-refractivity contribution in [1.29, 1.82) is 0 Å². The monoisotopic (exact) mass is 369 g/mol. The second-order valence-electron chi connectivity index (χ2n) is 6.49. The maximum absolute atomic E-state index is 13.1. The van der Waals surface area contributed by atoms with Crippen molar-refractivity contribution in [1.82, 2.24) is 4.90 Å². The van der Waals surface area contributed by atoms with Gasteiger partial charge in [0, 0.05) is 28.4 Å². The molecule has 3 aromatic rings. The maximum Gasteiger partial charge on any atom is 0.330 e. The number of thiophene rings is 1. The fourth-order valence-corrected chi connectivity index (χ4v) is 4.43. The predicted octanol–water partition coefficient (Wildman–Crippen LogP) is 3.95. The smallest absolute Gasteiger partial charge is 0.330 e. The number of carboxylic acids is 1. The van der Waals surface area contributed by atoms with Crippen LogP contribution in [0.4, 0.5) is 4.39 Å². The molecule has 1 amide bonds. The predicted molar refractivity (Wildman–Crippen MR) is 97.9 cm³/mol. The molecule has 1 atom stereocenters. The third-order valence-corrected chi connectivity index (χ3v) is 5.99. The third kappa shape index (κ3) is 2.57. The Morgan fingerprint density at radius 1 is 1.15 bits per heavy atom. The van der Waals surface area contributed by atoms with Crippen molar-refractivity contribution in [3.63, 3.8) is 0 Å². The summed E-state index contributed by atoms with van der Waals surface area (Å²) in [5.74, 6) is -1.66. The molecule has 2 aromatic carbocycles. The Morgan fingerprint density at radius 3 is 2.54 bits per heavy atom. The molecule has 1 unspecified atom stereocenters. The van der Waals surface area contributed by atoms with E-state index in [2.05, 4.69) is 0 Å². The number of nitrogens with zero attached hydrogens (tertiary/aromatic N) is 1. The van der Waals surface area contributed by atoms with E-state index in [-0.39, 0.29) is 18.1 Å². The lowest BCUT2D eigenvalue weighted by Crippen LogP contribution is -2.67. The largest absolute Gasteiger partial charge is 0.479 e. The van der Waals surface area contributed by atoms with E-state index in [1.54, 1.807) is 17.5 Å². The number of benzene rings is 2. The Hall–Kier alpha value is -2.73. The van der Waals surface area contributed by atoms with Crippen LogP contribution in [0.5, 0.6) is 0 Å². The first-order chi connectivity index (χ1) is 12.5. The highest BCUT2D eigenvalue weighted by Crippen LogP contribution is 2.38. The van der Waals surface area contributed by atoms with E-state index in [4.69, 9.17) is 0 Å². The molecule has 1 N–H and O–H groups in total. The van der Waals surface area contributed by atoms with Gasteiger partial charge < -0.3 is 10.0 Å². The van der Waals surface area contributed by atoms with Crippen LogP contribution in [0.3, 0.4) is 0 Å². The number of carbonyl (C=O) groups is 2. The van der Waals surface area contributed by atoms with Gasteiger partial charge in [-0.2, -0.15) is 0 Å². The Morgan fingerprint density at radius 2 is 1.88 bits per heavy atom. The Labute approximate surface area is 153 Å². The van der Waals surface area contributed by atoms with Crippen LogP contribution in [0, 0.1) is 5.82 Å². The minimum absolute atomic E-state index is 0.163. The van der Waals surface area contributed by atoms with Crippen LogP contribution < -0.4 is 0 Å². The molecule has 0 bridgehead atoms. The van der Waals surface area contributed by atoms with Crippen molar-refractivity contribution >= 4 is 33.3 Å². The summed E-state index contributed by atoms with van der Waals surface area (Å²) in [5, 5.41) is 12.5. The van der Waals surface area contributed by atoms with E-state index in [0.29, 0.717) is 24.1 Å². The van der Waals surface area contributed by atoms with Crippen molar-refractivity contribution in [2.75, 3.05) is 6.54 Å². The number of amides is 1. The van der Waals surface area contributed by atoms with Gasteiger partial charge in [0.05, 0.1) is 5.56 Å². The van der Waals surface area contributed by atoms with Crippen LogP contribution in [0.2, 0.25) is 0 Å². The molecule has 1 fully saturated rings. The SMILES string of the molecule is O=C(c1csc2ccccc12)N1CCC1(Cc1ccc(F)cc1)C(=O)O. The summed E-state index contributed by atoms with van der Waals surface area (Å²) in [7, 11) is 0. The molecule has 1 aliphatic heterocycles. The zero-order valence-corrected chi connectivity index (χ0v) is 14.6. The maximum atomic E-state index is 13.1. The first kappa shape index (κ1) is 16.7. The number of rotatable bonds is 4. The lowest BCUT2D eigenvalue weighted by atomic mass is 9.78. The molecule has 0 saturated carbocycles. The van der Waals surface area contributed by atoms with Gasteiger partial charge in [-0.05, 0) is 30.2 Å². The topological polar surface area (TPSA) is 57.6 Å². The molecule has 26 heavy (non-hydrogen) atoms. The molecule has 1 aromatic heterocycles. The minimum atomic E-state index is -1.28. The minimum Gasteiger partial charge on any atom is -0.479 e. The van der Waals surface area contributed by atoms with Gasteiger partial charge in [0.2, 0.25) is 0 Å². The van der Waals surface area contributed by atoms with Crippen molar-refractivity contribution in [3.05, 3.63) is 70.9 Å².